The molecule has 2 aromatic heterocycles. The molecule has 0 radical (unpaired) electrons. The van der Waals surface area contributed by atoms with Gasteiger partial charge in [-0.1, -0.05) is 0 Å². The summed E-state index contributed by atoms with van der Waals surface area (Å²) in [5, 5.41) is 0. The van der Waals surface area contributed by atoms with Crippen molar-refractivity contribution in [1.82, 2.24) is 19.9 Å². The normalized spacial score (nSPS) is 22.1. The van der Waals surface area contributed by atoms with Crippen LogP contribution in [-0.2, 0) is 16.8 Å². The van der Waals surface area contributed by atoms with E-state index in [-0.39, 0.29) is 11.3 Å². The van der Waals surface area contributed by atoms with E-state index in [2.05, 4.69) is 9.97 Å². The Morgan fingerprint density at radius 1 is 1.36 bits per heavy atom. The van der Waals surface area contributed by atoms with E-state index in [1.807, 2.05) is 30.1 Å². The number of anilines is 1. The zero-order chi connectivity index (χ0) is 17.4. The minimum atomic E-state index is -0.251. The van der Waals surface area contributed by atoms with Crippen LogP contribution >= 0.6 is 0 Å². The van der Waals surface area contributed by atoms with Crippen LogP contribution in [0.1, 0.15) is 28.0 Å². The lowest BCUT2D eigenvalue weighted by molar-refractivity contribution is 0.0485. The summed E-state index contributed by atoms with van der Waals surface area (Å²) in [5.74, 6) is 0.705. The minimum absolute atomic E-state index is 0.0130. The number of nitrogens with zero attached hydrogens (tertiary/aromatic N) is 5. The van der Waals surface area contributed by atoms with Crippen LogP contribution in [0.3, 0.4) is 0 Å². The van der Waals surface area contributed by atoms with Gasteiger partial charge in [-0.05, 0) is 18.6 Å². The molecule has 2 aliphatic rings. The first kappa shape index (κ1) is 16.0. The van der Waals surface area contributed by atoms with Crippen LogP contribution < -0.4 is 4.90 Å². The van der Waals surface area contributed by atoms with Crippen molar-refractivity contribution >= 4 is 11.9 Å². The monoisotopic (exact) mass is 339 g/mol. The van der Waals surface area contributed by atoms with Crippen molar-refractivity contribution in [2.24, 2.45) is 0 Å². The third kappa shape index (κ3) is 2.74. The lowest BCUT2D eigenvalue weighted by atomic mass is 9.80. The van der Waals surface area contributed by atoms with Gasteiger partial charge in [-0.25, -0.2) is 9.97 Å². The maximum Gasteiger partial charge on any atom is 0.255 e. The molecule has 4 heterocycles. The van der Waals surface area contributed by atoms with Gasteiger partial charge in [0.1, 0.15) is 0 Å². The topological polar surface area (TPSA) is 71.5 Å². The molecule has 1 saturated heterocycles. The predicted octanol–water partition coefficient (Wildman–Crippen LogP) is 1.25. The van der Waals surface area contributed by atoms with Crippen LogP contribution in [0.4, 0.5) is 5.95 Å². The highest BCUT2D eigenvalue weighted by Gasteiger charge is 2.46. The van der Waals surface area contributed by atoms with E-state index in [0.29, 0.717) is 37.8 Å². The molecule has 7 nitrogen and oxygen atoms in total. The molecular weight excluding hydrogens is 318 g/mol. The van der Waals surface area contributed by atoms with Crippen LogP contribution in [0.2, 0.25) is 0 Å². The highest BCUT2D eigenvalue weighted by atomic mass is 16.5. The third-order valence-corrected chi connectivity index (χ3v) is 4.94. The molecule has 4 rings (SSSR count). The molecule has 1 fully saturated rings. The lowest BCUT2D eigenvalue weighted by Crippen LogP contribution is -2.42. The number of fused-ring (bicyclic) bond motifs is 2. The lowest BCUT2D eigenvalue weighted by Gasteiger charge is -2.34. The van der Waals surface area contributed by atoms with Crippen molar-refractivity contribution < 1.29 is 9.53 Å². The molecule has 1 spiro atoms. The fourth-order valence-electron chi connectivity index (χ4n) is 3.63. The number of carbonyl (C=O) groups excluding carboxylic acids is 1. The maximum atomic E-state index is 12.8. The van der Waals surface area contributed by atoms with Gasteiger partial charge in [0.15, 0.2) is 0 Å². The summed E-state index contributed by atoms with van der Waals surface area (Å²) in [6, 6.07) is 3.59. The second kappa shape index (κ2) is 6.07. The Balaban J connectivity index is 1.65. The van der Waals surface area contributed by atoms with Crippen molar-refractivity contribution in [3.05, 3.63) is 47.5 Å². The summed E-state index contributed by atoms with van der Waals surface area (Å²) in [7, 11) is 3.86. The Bertz CT molecular complexity index is 795. The summed E-state index contributed by atoms with van der Waals surface area (Å²) >= 11 is 0. The number of hydrogen-bond acceptors (Lipinski definition) is 6. The van der Waals surface area contributed by atoms with Crippen LogP contribution in [0.25, 0.3) is 0 Å². The van der Waals surface area contributed by atoms with Crippen molar-refractivity contribution in [3.8, 4) is 0 Å². The van der Waals surface area contributed by atoms with Crippen LogP contribution in [0, 0.1) is 0 Å². The molecule has 1 amide bonds. The zero-order valence-electron chi connectivity index (χ0n) is 14.5. The summed E-state index contributed by atoms with van der Waals surface area (Å²) in [4.78, 5) is 29.8. The van der Waals surface area contributed by atoms with Gasteiger partial charge in [0.25, 0.3) is 5.91 Å². The highest BCUT2D eigenvalue weighted by molar-refractivity contribution is 5.94. The summed E-state index contributed by atoms with van der Waals surface area (Å²) in [6.07, 6.45) is 5.98. The van der Waals surface area contributed by atoms with Crippen molar-refractivity contribution in [2.45, 2.75) is 18.4 Å². The number of ether oxygens (including phenoxy) is 1. The molecule has 2 aromatic rings. The SMILES string of the molecule is CN(C)c1ncc2c(n1)[C@@]1(CCN(C(=O)c3cccnc3)C1)COC2. The van der Waals surface area contributed by atoms with E-state index >= 15 is 0 Å². The van der Waals surface area contributed by atoms with Crippen LogP contribution in [-0.4, -0.2) is 59.6 Å². The van der Waals surface area contributed by atoms with Gasteiger partial charge < -0.3 is 14.5 Å². The smallest absolute Gasteiger partial charge is 0.255 e. The summed E-state index contributed by atoms with van der Waals surface area (Å²) < 4.78 is 5.82. The van der Waals surface area contributed by atoms with E-state index in [9.17, 15) is 4.79 Å². The van der Waals surface area contributed by atoms with Crippen molar-refractivity contribution in [2.75, 3.05) is 38.7 Å². The fraction of sp³-hybridized carbons (Fsp3) is 0.444. The Morgan fingerprint density at radius 2 is 2.24 bits per heavy atom. The molecule has 0 aromatic carbocycles. The number of amides is 1. The average Bonchev–Trinajstić information content (AvgIpc) is 3.06. The molecule has 0 unspecified atom stereocenters. The standard InChI is InChI=1S/C18H21N5O2/c1-22(2)17-20-9-14-10-25-12-18(15(14)21-17)5-7-23(11-18)16(24)13-4-3-6-19-8-13/h3-4,6,8-9H,5,7,10-12H2,1-2H3/t18-/m1/s1. The first-order valence-corrected chi connectivity index (χ1v) is 8.40. The molecule has 0 saturated carbocycles. The fourth-order valence-corrected chi connectivity index (χ4v) is 3.63. The number of aromatic nitrogens is 3. The van der Waals surface area contributed by atoms with Crippen LogP contribution in [0.5, 0.6) is 0 Å². The first-order valence-electron chi connectivity index (χ1n) is 8.40. The number of rotatable bonds is 2. The molecule has 7 heteroatoms. The number of likely N-dealkylation sites (tertiary alicyclic amines) is 1. The van der Waals surface area contributed by atoms with Gasteiger partial charge in [-0.15, -0.1) is 0 Å². The number of pyridine rings is 1. The quantitative estimate of drug-likeness (QED) is 0.820. The van der Waals surface area contributed by atoms with Gasteiger partial charge in [0.05, 0.1) is 29.9 Å². The maximum absolute atomic E-state index is 12.8. The second-order valence-corrected chi connectivity index (χ2v) is 6.93. The van der Waals surface area contributed by atoms with Gasteiger partial charge >= 0.3 is 0 Å². The second-order valence-electron chi connectivity index (χ2n) is 6.93. The molecule has 0 aliphatic carbocycles. The Morgan fingerprint density at radius 3 is 3.00 bits per heavy atom. The van der Waals surface area contributed by atoms with Gasteiger partial charge in [0.2, 0.25) is 5.95 Å². The largest absolute Gasteiger partial charge is 0.376 e. The van der Waals surface area contributed by atoms with Gasteiger partial charge in [-0.3, -0.25) is 9.78 Å². The molecule has 1 atom stereocenters. The minimum Gasteiger partial charge on any atom is -0.376 e. The summed E-state index contributed by atoms with van der Waals surface area (Å²) in [5.41, 5.74) is 2.42. The molecular formula is C18H21N5O2. The van der Waals surface area contributed by atoms with E-state index in [1.165, 1.54) is 0 Å². The molecule has 25 heavy (non-hydrogen) atoms. The number of hydrogen-bond donors (Lipinski definition) is 0. The molecule has 2 aliphatic heterocycles. The predicted molar refractivity (Wildman–Crippen MR) is 92.5 cm³/mol. The Hall–Kier alpha value is -2.54. The van der Waals surface area contributed by atoms with Crippen molar-refractivity contribution in [3.63, 3.8) is 0 Å². The summed E-state index contributed by atoms with van der Waals surface area (Å²) in [6.45, 7) is 2.41. The van der Waals surface area contributed by atoms with E-state index in [0.717, 1.165) is 17.7 Å². The molecule has 0 N–H and O–H groups in total. The Kier molecular flexibility index (Phi) is 3.88. The van der Waals surface area contributed by atoms with Crippen LogP contribution in [0.15, 0.2) is 30.7 Å². The Labute approximate surface area is 146 Å². The van der Waals surface area contributed by atoms with E-state index in [4.69, 9.17) is 9.72 Å². The average molecular weight is 339 g/mol. The zero-order valence-corrected chi connectivity index (χ0v) is 14.5. The highest BCUT2D eigenvalue weighted by Crippen LogP contribution is 2.39. The van der Waals surface area contributed by atoms with Gasteiger partial charge in [-0.2, -0.15) is 0 Å². The third-order valence-electron chi connectivity index (χ3n) is 4.94. The van der Waals surface area contributed by atoms with Crippen molar-refractivity contribution in [1.29, 1.82) is 0 Å². The van der Waals surface area contributed by atoms with E-state index < -0.39 is 0 Å². The molecule has 130 valence electrons. The number of carbonyl (C=O) groups is 1. The van der Waals surface area contributed by atoms with E-state index in [1.54, 1.807) is 24.5 Å². The first-order chi connectivity index (χ1) is 12.1. The molecule has 0 bridgehead atoms. The van der Waals surface area contributed by atoms with Gasteiger partial charge in [0, 0.05) is 51.3 Å².